The number of anilines is 1. The van der Waals surface area contributed by atoms with E-state index in [1.165, 1.54) is 17.8 Å². The Morgan fingerprint density at radius 1 is 1.27 bits per heavy atom. The first-order valence-corrected chi connectivity index (χ1v) is 15.0. The maximum Gasteiger partial charge on any atom is 0.326 e. The van der Waals surface area contributed by atoms with Crippen molar-refractivity contribution in [2.75, 3.05) is 37.7 Å². The van der Waals surface area contributed by atoms with E-state index in [1.54, 1.807) is 4.90 Å². The van der Waals surface area contributed by atoms with Crippen LogP contribution in [0, 0.1) is 12.8 Å². The summed E-state index contributed by atoms with van der Waals surface area (Å²) in [7, 11) is 0. The number of thioether (sulfide) groups is 1. The lowest BCUT2D eigenvalue weighted by Gasteiger charge is -2.46. The fourth-order valence-electron chi connectivity index (χ4n) is 6.01. The summed E-state index contributed by atoms with van der Waals surface area (Å²) in [6.07, 6.45) is 3.87. The molecule has 4 aliphatic heterocycles. The first-order valence-electron chi connectivity index (χ1n) is 14.1. The molecule has 0 saturated carbocycles. The minimum absolute atomic E-state index is 0.00772. The van der Waals surface area contributed by atoms with Gasteiger partial charge >= 0.3 is 6.03 Å². The van der Waals surface area contributed by atoms with Crippen LogP contribution in [-0.2, 0) is 14.3 Å². The second-order valence-electron chi connectivity index (χ2n) is 10.9. The van der Waals surface area contributed by atoms with Crippen molar-refractivity contribution < 1.29 is 23.9 Å². The minimum Gasteiger partial charge on any atom is -0.491 e. The Hall–Kier alpha value is -3.02. The largest absolute Gasteiger partial charge is 0.491 e. The highest BCUT2D eigenvalue weighted by atomic mass is 32.2. The van der Waals surface area contributed by atoms with Crippen LogP contribution in [-0.4, -0.2) is 79.2 Å². The van der Waals surface area contributed by atoms with E-state index in [9.17, 15) is 14.4 Å². The van der Waals surface area contributed by atoms with Gasteiger partial charge in [0.1, 0.15) is 12.4 Å². The number of piperidine rings is 2. The summed E-state index contributed by atoms with van der Waals surface area (Å²) in [5, 5.41) is 9.73. The Morgan fingerprint density at radius 2 is 2.10 bits per heavy atom. The molecule has 40 heavy (non-hydrogen) atoms. The summed E-state index contributed by atoms with van der Waals surface area (Å²) in [4.78, 5) is 43.3. The fourth-order valence-corrected chi connectivity index (χ4v) is 7.41. The molecule has 3 fully saturated rings. The first kappa shape index (κ1) is 28.5. The zero-order valence-corrected chi connectivity index (χ0v) is 24.2. The van der Waals surface area contributed by atoms with E-state index >= 15 is 0 Å². The maximum atomic E-state index is 13.6. The quantitative estimate of drug-likeness (QED) is 0.310. The van der Waals surface area contributed by atoms with E-state index < -0.39 is 0 Å². The molecule has 4 aliphatic rings. The summed E-state index contributed by atoms with van der Waals surface area (Å²) in [5.74, 6) is 0.386. The fraction of sp³-hybridized carbons (Fsp3) is 0.552. The number of benzene rings is 1. The molecule has 4 heterocycles. The zero-order valence-electron chi connectivity index (χ0n) is 23.4. The molecule has 11 heteroatoms. The van der Waals surface area contributed by atoms with Crippen LogP contribution in [0.2, 0.25) is 0 Å². The lowest BCUT2D eigenvalue weighted by molar-refractivity contribution is -0.128. The smallest absolute Gasteiger partial charge is 0.326 e. The molecule has 1 aromatic rings. The molecular formula is C29H39N5O5S. The number of carbonyl (C=O) groups excluding carboxylic acids is 3. The van der Waals surface area contributed by atoms with Crippen molar-refractivity contribution in [2.24, 2.45) is 5.92 Å². The van der Waals surface area contributed by atoms with E-state index in [1.807, 2.05) is 43.9 Å². The topological polar surface area (TPSA) is 112 Å². The predicted molar refractivity (Wildman–Crippen MR) is 155 cm³/mol. The number of rotatable bonds is 9. The molecule has 0 spiro atoms. The molecule has 0 radical (unpaired) electrons. The van der Waals surface area contributed by atoms with Gasteiger partial charge in [0.05, 0.1) is 29.0 Å². The lowest BCUT2D eigenvalue weighted by Crippen LogP contribution is -2.62. The van der Waals surface area contributed by atoms with Crippen LogP contribution in [0.4, 0.5) is 10.5 Å². The van der Waals surface area contributed by atoms with Gasteiger partial charge < -0.3 is 30.3 Å². The monoisotopic (exact) mass is 569 g/mol. The van der Waals surface area contributed by atoms with Gasteiger partial charge in [-0.05, 0) is 76.4 Å². The van der Waals surface area contributed by atoms with Gasteiger partial charge in [-0.2, -0.15) is 0 Å². The third-order valence-corrected chi connectivity index (χ3v) is 9.18. The van der Waals surface area contributed by atoms with Crippen LogP contribution in [0.25, 0.3) is 0 Å². The highest BCUT2D eigenvalue weighted by Gasteiger charge is 2.52. The van der Waals surface area contributed by atoms with Crippen molar-refractivity contribution in [1.82, 2.24) is 20.9 Å². The molecule has 216 valence electrons. The van der Waals surface area contributed by atoms with Gasteiger partial charge in [0, 0.05) is 36.4 Å². The van der Waals surface area contributed by atoms with Crippen LogP contribution < -0.4 is 25.6 Å². The number of hydrogen-bond donors (Lipinski definition) is 3. The average molecular weight is 570 g/mol. The average Bonchev–Trinajstić information content (AvgIpc) is 3.31. The predicted octanol–water partition coefficient (Wildman–Crippen LogP) is 2.88. The van der Waals surface area contributed by atoms with E-state index in [4.69, 9.17) is 9.47 Å². The van der Waals surface area contributed by atoms with Crippen LogP contribution >= 0.6 is 11.8 Å². The molecule has 0 bridgehead atoms. The van der Waals surface area contributed by atoms with Gasteiger partial charge in [-0.15, -0.1) is 0 Å². The molecule has 3 N–H and O–H groups in total. The number of hydrogen-bond acceptors (Lipinski definition) is 7. The van der Waals surface area contributed by atoms with Crippen molar-refractivity contribution in [3.63, 3.8) is 0 Å². The molecule has 4 amide bonds. The van der Waals surface area contributed by atoms with E-state index in [2.05, 4.69) is 22.5 Å². The molecule has 5 rings (SSSR count). The van der Waals surface area contributed by atoms with Crippen molar-refractivity contribution >= 4 is 35.3 Å². The molecule has 1 aromatic carbocycles. The first-order chi connectivity index (χ1) is 19.3. The molecular weight excluding hydrogens is 530 g/mol. The molecule has 0 aromatic heterocycles. The molecule has 3 unspecified atom stereocenters. The van der Waals surface area contributed by atoms with Gasteiger partial charge in [-0.25, -0.2) is 4.79 Å². The molecule has 0 aliphatic carbocycles. The maximum absolute atomic E-state index is 13.6. The number of ether oxygens (including phenoxy) is 2. The number of aryl methyl sites for hydroxylation is 1. The van der Waals surface area contributed by atoms with Crippen molar-refractivity contribution in [2.45, 2.75) is 63.6 Å². The molecule has 3 saturated heterocycles. The number of carbonyl (C=O) groups is 3. The molecule has 10 nitrogen and oxygen atoms in total. The second kappa shape index (κ2) is 12.2. The number of nitrogens with one attached hydrogen (secondary N) is 3. The Labute approximate surface area is 239 Å². The number of nitrogens with zero attached hydrogens (tertiary/aromatic N) is 2. The highest BCUT2D eigenvalue weighted by molar-refractivity contribution is 8.04. The number of urea groups is 1. The third kappa shape index (κ3) is 5.87. The van der Waals surface area contributed by atoms with E-state index in [0.29, 0.717) is 36.9 Å². The SMILES string of the molecule is C=CC(=O)N1CCC[C@@H](NC(=O)C2=C3NC(=O)N(c4ccc(OCCOC(C)C)cc4C)C4CCNC(S2)C34)C1. The van der Waals surface area contributed by atoms with Crippen LogP contribution in [0.5, 0.6) is 5.75 Å². The Morgan fingerprint density at radius 3 is 2.85 bits per heavy atom. The van der Waals surface area contributed by atoms with Crippen molar-refractivity contribution in [3.05, 3.63) is 47.0 Å². The highest BCUT2D eigenvalue weighted by Crippen LogP contribution is 2.48. The summed E-state index contributed by atoms with van der Waals surface area (Å²) in [5.41, 5.74) is 2.48. The Bertz CT molecular complexity index is 1200. The zero-order chi connectivity index (χ0) is 28.4. The van der Waals surface area contributed by atoms with Crippen LogP contribution in [0.3, 0.4) is 0 Å². The van der Waals surface area contributed by atoms with Gasteiger partial charge in [0.2, 0.25) is 5.91 Å². The summed E-state index contributed by atoms with van der Waals surface area (Å²) >= 11 is 1.48. The molecule has 4 atom stereocenters. The van der Waals surface area contributed by atoms with Crippen LogP contribution in [0.1, 0.15) is 38.7 Å². The van der Waals surface area contributed by atoms with Gasteiger partial charge in [0.25, 0.3) is 5.91 Å². The number of likely N-dealkylation sites (tertiary alicyclic amines) is 1. The minimum atomic E-state index is -0.229. The summed E-state index contributed by atoms with van der Waals surface area (Å²) in [6.45, 7) is 12.4. The lowest BCUT2D eigenvalue weighted by atomic mass is 9.86. The second-order valence-corrected chi connectivity index (χ2v) is 12.1. The van der Waals surface area contributed by atoms with E-state index in [-0.39, 0.29) is 47.3 Å². The van der Waals surface area contributed by atoms with E-state index in [0.717, 1.165) is 42.8 Å². The van der Waals surface area contributed by atoms with Gasteiger partial charge in [-0.1, -0.05) is 18.3 Å². The van der Waals surface area contributed by atoms with Crippen molar-refractivity contribution in [3.8, 4) is 5.75 Å². The Balaban J connectivity index is 1.31. The summed E-state index contributed by atoms with van der Waals surface area (Å²) < 4.78 is 11.4. The van der Waals surface area contributed by atoms with Gasteiger partial charge in [0.15, 0.2) is 0 Å². The van der Waals surface area contributed by atoms with Crippen molar-refractivity contribution in [1.29, 1.82) is 0 Å². The number of amides is 4. The summed E-state index contributed by atoms with van der Waals surface area (Å²) in [6, 6.07) is 5.34. The van der Waals surface area contributed by atoms with Gasteiger partial charge in [-0.3, -0.25) is 14.5 Å². The standard InChI is InChI=1S/C29H39N5O5S/c1-5-23(35)33-12-6-7-19(16-33)31-27(36)26-25-24-22(10-11-30-28(24)40-26)34(29(37)32-25)21-9-8-20(15-18(21)4)39-14-13-38-17(2)3/h5,8-9,15,17,19,22,24,28,30H,1,6-7,10-14,16H2,2-4H3,(H,31,36)(H,32,37)/t19-,22?,24?,28?/m1/s1. The Kier molecular flexibility index (Phi) is 8.72. The normalized spacial score (nSPS) is 25.9. The third-order valence-electron chi connectivity index (χ3n) is 7.82. The van der Waals surface area contributed by atoms with Crippen LogP contribution in [0.15, 0.2) is 41.5 Å².